The molecule has 4 rings (SSSR count). The van der Waals surface area contributed by atoms with Crippen molar-refractivity contribution in [1.29, 1.82) is 0 Å². The van der Waals surface area contributed by atoms with Gasteiger partial charge in [0.2, 0.25) is 0 Å². The van der Waals surface area contributed by atoms with Gasteiger partial charge in [-0.25, -0.2) is 9.20 Å². The Kier molecular flexibility index (Phi) is 5.45. The smallest absolute Gasteiger partial charge is 0.142 e. The molecule has 0 saturated carbocycles. The number of anilines is 2. The summed E-state index contributed by atoms with van der Waals surface area (Å²) in [6.45, 7) is 3.40. The van der Waals surface area contributed by atoms with Crippen molar-refractivity contribution < 1.29 is 4.21 Å². The predicted molar refractivity (Wildman–Crippen MR) is 120 cm³/mol. The SMILES string of the molecule is Cc1ccc(CNC2=NCNc3cc(-c4cccc(NS(C)=O)c4)sc32)cc1. The van der Waals surface area contributed by atoms with Gasteiger partial charge in [-0.05, 0) is 36.2 Å². The van der Waals surface area contributed by atoms with Crippen LogP contribution in [0.25, 0.3) is 10.4 Å². The molecule has 2 aromatic carbocycles. The molecule has 1 aliphatic rings. The van der Waals surface area contributed by atoms with Gasteiger partial charge in [-0.15, -0.1) is 11.3 Å². The lowest BCUT2D eigenvalue weighted by Gasteiger charge is -2.16. The quantitative estimate of drug-likeness (QED) is 0.586. The Morgan fingerprint density at radius 3 is 2.79 bits per heavy atom. The Bertz CT molecular complexity index is 1040. The molecular formula is C21H22N4OS2. The minimum atomic E-state index is -1.09. The van der Waals surface area contributed by atoms with Gasteiger partial charge < -0.3 is 15.4 Å². The number of aliphatic imine (C=N–C) groups is 1. The standard InChI is InChI=1S/C21H22N4OS2/c1-14-6-8-15(9-7-14)12-22-21-20-18(23-13-24-21)11-19(27-20)16-4-3-5-17(10-16)25-28(2)26/h3-11,23,25H,12-13H2,1-2H3,(H,22,24). The maximum absolute atomic E-state index is 11.4. The second-order valence-electron chi connectivity index (χ2n) is 6.67. The summed E-state index contributed by atoms with van der Waals surface area (Å²) >= 11 is 1.70. The first-order chi connectivity index (χ1) is 13.6. The molecule has 0 amide bonds. The number of nitrogens with one attached hydrogen (secondary N) is 3. The van der Waals surface area contributed by atoms with Crippen molar-refractivity contribution in [2.24, 2.45) is 4.99 Å². The highest BCUT2D eigenvalue weighted by molar-refractivity contribution is 7.85. The molecule has 7 heteroatoms. The summed E-state index contributed by atoms with van der Waals surface area (Å²) in [7, 11) is -1.09. The first-order valence-corrected chi connectivity index (χ1v) is 11.4. The molecule has 0 saturated heterocycles. The van der Waals surface area contributed by atoms with Crippen molar-refractivity contribution in [1.82, 2.24) is 5.32 Å². The lowest BCUT2D eigenvalue weighted by Crippen LogP contribution is -2.27. The van der Waals surface area contributed by atoms with Crippen LogP contribution in [0.4, 0.5) is 11.4 Å². The highest BCUT2D eigenvalue weighted by Gasteiger charge is 2.18. The van der Waals surface area contributed by atoms with E-state index < -0.39 is 11.0 Å². The molecular weight excluding hydrogens is 388 g/mol. The summed E-state index contributed by atoms with van der Waals surface area (Å²) in [6, 6.07) is 18.7. The van der Waals surface area contributed by atoms with Crippen molar-refractivity contribution in [3.8, 4) is 10.4 Å². The van der Waals surface area contributed by atoms with Crippen LogP contribution in [0.2, 0.25) is 0 Å². The molecule has 1 aromatic heterocycles. The number of benzene rings is 2. The Morgan fingerprint density at radius 1 is 1.18 bits per heavy atom. The van der Waals surface area contributed by atoms with Gasteiger partial charge in [-0.2, -0.15) is 0 Å². The van der Waals surface area contributed by atoms with Crippen LogP contribution in [0.5, 0.6) is 0 Å². The molecule has 144 valence electrons. The molecule has 2 heterocycles. The fourth-order valence-corrected chi connectivity index (χ4v) is 4.62. The van der Waals surface area contributed by atoms with Gasteiger partial charge in [0.25, 0.3) is 0 Å². The van der Waals surface area contributed by atoms with Gasteiger partial charge in [0.15, 0.2) is 0 Å². The Labute approximate surface area is 171 Å². The van der Waals surface area contributed by atoms with E-state index in [0.717, 1.165) is 39.1 Å². The fourth-order valence-electron chi connectivity index (χ4n) is 3.05. The molecule has 0 spiro atoms. The third-order valence-corrected chi connectivity index (χ3v) is 6.16. The zero-order valence-corrected chi connectivity index (χ0v) is 17.4. The number of amidine groups is 1. The highest BCUT2D eigenvalue weighted by Crippen LogP contribution is 2.37. The van der Waals surface area contributed by atoms with E-state index in [0.29, 0.717) is 6.67 Å². The normalized spacial score (nSPS) is 13.9. The van der Waals surface area contributed by atoms with Crippen LogP contribution in [0.3, 0.4) is 0 Å². The fraction of sp³-hybridized carbons (Fsp3) is 0.190. The van der Waals surface area contributed by atoms with Crippen molar-refractivity contribution in [3.05, 3.63) is 70.6 Å². The maximum atomic E-state index is 11.4. The Morgan fingerprint density at radius 2 is 2.00 bits per heavy atom. The predicted octanol–water partition coefficient (Wildman–Crippen LogP) is 4.35. The zero-order chi connectivity index (χ0) is 19.5. The minimum absolute atomic E-state index is 0.565. The third kappa shape index (κ3) is 4.26. The molecule has 1 aliphatic heterocycles. The van der Waals surface area contributed by atoms with Crippen LogP contribution in [0.15, 0.2) is 59.6 Å². The summed E-state index contributed by atoms with van der Waals surface area (Å²) in [5.74, 6) is 0.925. The van der Waals surface area contributed by atoms with Gasteiger partial charge in [0, 0.05) is 23.4 Å². The van der Waals surface area contributed by atoms with Gasteiger partial charge in [-0.1, -0.05) is 42.0 Å². The number of hydrogen-bond donors (Lipinski definition) is 3. The van der Waals surface area contributed by atoms with Gasteiger partial charge in [-0.3, -0.25) is 0 Å². The first kappa shape index (κ1) is 18.7. The molecule has 0 bridgehead atoms. The van der Waals surface area contributed by atoms with E-state index in [-0.39, 0.29) is 0 Å². The molecule has 0 fully saturated rings. The lowest BCUT2D eigenvalue weighted by atomic mass is 10.1. The largest absolute Gasteiger partial charge is 0.365 e. The van der Waals surface area contributed by atoms with E-state index >= 15 is 0 Å². The molecule has 28 heavy (non-hydrogen) atoms. The number of fused-ring (bicyclic) bond motifs is 1. The van der Waals surface area contributed by atoms with Gasteiger partial charge in [0.05, 0.1) is 10.6 Å². The van der Waals surface area contributed by atoms with Crippen molar-refractivity contribution in [3.63, 3.8) is 0 Å². The minimum Gasteiger partial charge on any atom is -0.365 e. The maximum Gasteiger partial charge on any atom is 0.142 e. The lowest BCUT2D eigenvalue weighted by molar-refractivity contribution is 0.690. The molecule has 3 aromatic rings. The molecule has 1 atom stereocenters. The highest BCUT2D eigenvalue weighted by atomic mass is 32.2. The number of aryl methyl sites for hydroxylation is 1. The Hall–Kier alpha value is -2.64. The Balaban J connectivity index is 1.55. The topological polar surface area (TPSA) is 65.5 Å². The van der Waals surface area contributed by atoms with Crippen molar-refractivity contribution in [2.75, 3.05) is 23.0 Å². The summed E-state index contributed by atoms with van der Waals surface area (Å²) in [5, 5.41) is 6.84. The number of hydrogen-bond acceptors (Lipinski definition) is 5. The molecule has 5 nitrogen and oxygen atoms in total. The summed E-state index contributed by atoms with van der Waals surface area (Å²) in [5.41, 5.74) is 5.53. The monoisotopic (exact) mass is 410 g/mol. The van der Waals surface area contributed by atoms with E-state index in [1.807, 2.05) is 18.2 Å². The average Bonchev–Trinajstić information content (AvgIpc) is 3.12. The van der Waals surface area contributed by atoms with Crippen LogP contribution >= 0.6 is 11.3 Å². The number of nitrogens with zero attached hydrogens (tertiary/aromatic N) is 1. The van der Waals surface area contributed by atoms with E-state index in [1.54, 1.807) is 17.6 Å². The van der Waals surface area contributed by atoms with Crippen molar-refractivity contribution in [2.45, 2.75) is 13.5 Å². The van der Waals surface area contributed by atoms with Crippen LogP contribution < -0.4 is 15.4 Å². The van der Waals surface area contributed by atoms with Crippen molar-refractivity contribution >= 4 is 39.5 Å². The van der Waals surface area contributed by atoms with E-state index in [1.165, 1.54) is 11.1 Å². The molecule has 3 N–H and O–H groups in total. The second kappa shape index (κ2) is 8.16. The number of thiophene rings is 1. The van der Waals surface area contributed by atoms with E-state index in [4.69, 9.17) is 0 Å². The first-order valence-electron chi connectivity index (χ1n) is 9.01. The van der Waals surface area contributed by atoms with Gasteiger partial charge >= 0.3 is 0 Å². The summed E-state index contributed by atoms with van der Waals surface area (Å²) in [4.78, 5) is 6.88. The van der Waals surface area contributed by atoms with Crippen LogP contribution in [0, 0.1) is 6.92 Å². The molecule has 1 unspecified atom stereocenters. The average molecular weight is 411 g/mol. The van der Waals surface area contributed by atoms with E-state index in [9.17, 15) is 4.21 Å². The zero-order valence-electron chi connectivity index (χ0n) is 15.8. The second-order valence-corrected chi connectivity index (χ2v) is 8.84. The molecule has 0 radical (unpaired) electrons. The summed E-state index contributed by atoms with van der Waals surface area (Å²) in [6.07, 6.45) is 1.63. The van der Waals surface area contributed by atoms with E-state index in [2.05, 4.69) is 63.7 Å². The van der Waals surface area contributed by atoms with Crippen LogP contribution in [0.1, 0.15) is 16.0 Å². The third-order valence-electron chi connectivity index (χ3n) is 4.44. The van der Waals surface area contributed by atoms with Crippen LogP contribution in [-0.4, -0.2) is 23.0 Å². The molecule has 0 aliphatic carbocycles. The number of rotatable bonds is 5. The van der Waals surface area contributed by atoms with Gasteiger partial charge in [0.1, 0.15) is 23.5 Å². The summed E-state index contributed by atoms with van der Waals surface area (Å²) < 4.78 is 14.4. The van der Waals surface area contributed by atoms with Crippen LogP contribution in [-0.2, 0) is 17.5 Å².